The average molecular weight is 209 g/mol. The molecule has 1 unspecified atom stereocenters. The number of rotatable bonds is 4. The van der Waals surface area contributed by atoms with Crippen LogP contribution in [-0.2, 0) is 4.79 Å². The van der Waals surface area contributed by atoms with Gasteiger partial charge in [0.2, 0.25) is 0 Å². The largest absolute Gasteiger partial charge is 1.00 e. The van der Waals surface area contributed by atoms with E-state index < -0.39 is 5.97 Å². The second-order valence-corrected chi connectivity index (χ2v) is 3.80. The van der Waals surface area contributed by atoms with Gasteiger partial charge in [0.15, 0.2) is 0 Å². The summed E-state index contributed by atoms with van der Waals surface area (Å²) in [5.74, 6) is -0.715. The minimum absolute atomic E-state index is 0. The Kier molecular flexibility index (Phi) is 7.92. The number of carboxylic acids is 1. The van der Waals surface area contributed by atoms with E-state index in [1.165, 1.54) is 19.3 Å². The van der Waals surface area contributed by atoms with Crippen LogP contribution in [0.15, 0.2) is 0 Å². The van der Waals surface area contributed by atoms with Crippen LogP contribution >= 0.6 is 0 Å². The van der Waals surface area contributed by atoms with Gasteiger partial charge in [-0.3, -0.25) is 4.79 Å². The van der Waals surface area contributed by atoms with Crippen molar-refractivity contribution in [1.29, 1.82) is 0 Å². The maximum atomic E-state index is 10.7. The number of nitrogens with one attached hydrogen (secondary N) is 1. The standard InChI is InChI=1S/C10H19NO2.Na.H/c1-2-9(10(12)13)11-8-6-4-3-5-7-8;;/h8-9,11H,2-7H2,1H3,(H,12,13);;/q;+1;-1. The molecule has 0 spiro atoms. The fourth-order valence-corrected chi connectivity index (χ4v) is 1.92. The Morgan fingerprint density at radius 3 is 2.50 bits per heavy atom. The summed E-state index contributed by atoms with van der Waals surface area (Å²) in [6.07, 6.45) is 6.75. The number of carboxylic acid groups (broad SMARTS) is 1. The molecule has 1 aliphatic carbocycles. The van der Waals surface area contributed by atoms with Crippen LogP contribution in [-0.4, -0.2) is 23.2 Å². The van der Waals surface area contributed by atoms with E-state index in [1.54, 1.807) is 0 Å². The number of carbonyl (C=O) groups is 1. The monoisotopic (exact) mass is 209 g/mol. The normalized spacial score (nSPS) is 19.8. The van der Waals surface area contributed by atoms with Crippen LogP contribution in [0.3, 0.4) is 0 Å². The van der Waals surface area contributed by atoms with Crippen molar-refractivity contribution in [2.45, 2.75) is 57.5 Å². The molecule has 0 bridgehead atoms. The summed E-state index contributed by atoms with van der Waals surface area (Å²) in [4.78, 5) is 10.7. The van der Waals surface area contributed by atoms with E-state index >= 15 is 0 Å². The van der Waals surface area contributed by atoms with Crippen molar-refractivity contribution in [2.75, 3.05) is 0 Å². The molecule has 0 aromatic rings. The average Bonchev–Trinajstić information content (AvgIpc) is 2.15. The molecule has 1 atom stereocenters. The van der Waals surface area contributed by atoms with Gasteiger partial charge in [-0.05, 0) is 19.3 Å². The fourth-order valence-electron chi connectivity index (χ4n) is 1.92. The molecule has 2 N–H and O–H groups in total. The van der Waals surface area contributed by atoms with Gasteiger partial charge in [0, 0.05) is 6.04 Å². The molecule has 0 aromatic heterocycles. The third-order valence-corrected chi connectivity index (χ3v) is 2.75. The van der Waals surface area contributed by atoms with E-state index in [0.29, 0.717) is 12.5 Å². The molecule has 3 nitrogen and oxygen atoms in total. The summed E-state index contributed by atoms with van der Waals surface area (Å²) in [5.41, 5.74) is 0. The van der Waals surface area contributed by atoms with E-state index in [1.807, 2.05) is 6.92 Å². The van der Waals surface area contributed by atoms with Gasteiger partial charge in [0.25, 0.3) is 0 Å². The molecule has 1 rings (SSSR count). The summed E-state index contributed by atoms with van der Waals surface area (Å²) in [7, 11) is 0. The molecular weight excluding hydrogens is 189 g/mol. The molecule has 0 heterocycles. The second kappa shape index (κ2) is 7.69. The van der Waals surface area contributed by atoms with Gasteiger partial charge < -0.3 is 11.8 Å². The molecule has 0 saturated heterocycles. The SMILES string of the molecule is CCC(NC1CCCCC1)C(=O)O.[H-].[Na+]. The molecule has 14 heavy (non-hydrogen) atoms. The number of aliphatic carboxylic acids is 1. The summed E-state index contributed by atoms with van der Waals surface area (Å²) in [5, 5.41) is 12.0. The fraction of sp³-hybridized carbons (Fsp3) is 0.900. The Bertz CT molecular complexity index is 175. The topological polar surface area (TPSA) is 49.3 Å². The third kappa shape index (κ3) is 4.78. The Balaban J connectivity index is 0. The minimum Gasteiger partial charge on any atom is -1.00 e. The van der Waals surface area contributed by atoms with Crippen molar-refractivity contribution in [3.63, 3.8) is 0 Å². The van der Waals surface area contributed by atoms with E-state index in [4.69, 9.17) is 5.11 Å². The maximum absolute atomic E-state index is 10.7. The van der Waals surface area contributed by atoms with E-state index in [2.05, 4.69) is 5.32 Å². The van der Waals surface area contributed by atoms with Gasteiger partial charge >= 0.3 is 35.5 Å². The predicted molar refractivity (Wildman–Crippen MR) is 52.8 cm³/mol. The van der Waals surface area contributed by atoms with Crippen LogP contribution in [0.1, 0.15) is 46.9 Å². The molecule has 4 heteroatoms. The van der Waals surface area contributed by atoms with Gasteiger partial charge in [0.1, 0.15) is 6.04 Å². The van der Waals surface area contributed by atoms with E-state index in [-0.39, 0.29) is 37.0 Å². The molecular formula is C10H20NNaO2. The Hall–Kier alpha value is 0.430. The zero-order valence-corrected chi connectivity index (χ0v) is 11.3. The van der Waals surface area contributed by atoms with Crippen molar-refractivity contribution >= 4 is 5.97 Å². The third-order valence-electron chi connectivity index (χ3n) is 2.75. The molecule has 78 valence electrons. The first-order valence-corrected chi connectivity index (χ1v) is 5.23. The van der Waals surface area contributed by atoms with E-state index in [9.17, 15) is 4.79 Å². The first kappa shape index (κ1) is 14.4. The molecule has 0 amide bonds. The molecule has 0 radical (unpaired) electrons. The number of hydrogen-bond donors (Lipinski definition) is 2. The summed E-state index contributed by atoms with van der Waals surface area (Å²) in [6.45, 7) is 1.91. The Labute approximate surface area is 109 Å². The van der Waals surface area contributed by atoms with Gasteiger partial charge in [-0.2, -0.15) is 0 Å². The van der Waals surface area contributed by atoms with Crippen LogP contribution in [0, 0.1) is 0 Å². The van der Waals surface area contributed by atoms with Crippen molar-refractivity contribution in [3.05, 3.63) is 0 Å². The van der Waals surface area contributed by atoms with Gasteiger partial charge in [-0.15, -0.1) is 0 Å². The molecule has 0 aliphatic heterocycles. The quantitative estimate of drug-likeness (QED) is 0.577. The zero-order chi connectivity index (χ0) is 9.68. The number of hydrogen-bond acceptors (Lipinski definition) is 2. The van der Waals surface area contributed by atoms with Crippen LogP contribution in [0.2, 0.25) is 0 Å². The van der Waals surface area contributed by atoms with E-state index in [0.717, 1.165) is 12.8 Å². The molecule has 1 saturated carbocycles. The minimum atomic E-state index is -0.715. The van der Waals surface area contributed by atoms with Crippen LogP contribution in [0.4, 0.5) is 0 Å². The van der Waals surface area contributed by atoms with Crippen molar-refractivity contribution in [1.82, 2.24) is 5.32 Å². The molecule has 1 fully saturated rings. The summed E-state index contributed by atoms with van der Waals surface area (Å²) < 4.78 is 0. The van der Waals surface area contributed by atoms with Crippen molar-refractivity contribution in [3.8, 4) is 0 Å². The zero-order valence-electron chi connectivity index (χ0n) is 10.3. The smallest absolute Gasteiger partial charge is 1.00 e. The summed E-state index contributed by atoms with van der Waals surface area (Å²) >= 11 is 0. The Morgan fingerprint density at radius 2 is 2.07 bits per heavy atom. The first-order chi connectivity index (χ1) is 6.24. The maximum Gasteiger partial charge on any atom is 1.00 e. The van der Waals surface area contributed by atoms with Crippen LogP contribution < -0.4 is 34.9 Å². The molecule has 1 aliphatic rings. The molecule has 0 aromatic carbocycles. The second-order valence-electron chi connectivity index (χ2n) is 3.80. The van der Waals surface area contributed by atoms with Crippen molar-refractivity contribution in [2.24, 2.45) is 0 Å². The van der Waals surface area contributed by atoms with Gasteiger partial charge in [-0.25, -0.2) is 0 Å². The van der Waals surface area contributed by atoms with Crippen LogP contribution in [0.5, 0.6) is 0 Å². The predicted octanol–water partition coefficient (Wildman–Crippen LogP) is -1.11. The van der Waals surface area contributed by atoms with Gasteiger partial charge in [-0.1, -0.05) is 26.2 Å². The van der Waals surface area contributed by atoms with Crippen LogP contribution in [0.25, 0.3) is 0 Å². The van der Waals surface area contributed by atoms with Crippen molar-refractivity contribution < 1.29 is 40.9 Å². The van der Waals surface area contributed by atoms with Gasteiger partial charge in [0.05, 0.1) is 0 Å². The summed E-state index contributed by atoms with van der Waals surface area (Å²) in [6, 6.07) is 0.0953. The Morgan fingerprint density at radius 1 is 1.50 bits per heavy atom. The first-order valence-electron chi connectivity index (χ1n) is 5.23.